The first-order valence-electron chi connectivity index (χ1n) is 5.55. The molecule has 0 saturated carbocycles. The van der Waals surface area contributed by atoms with Gasteiger partial charge < -0.3 is 14.8 Å². The number of carboxylic acids is 1. The van der Waals surface area contributed by atoms with Crippen molar-refractivity contribution in [2.24, 2.45) is 0 Å². The fraction of sp³-hybridized carbons (Fsp3) is 0.545. The van der Waals surface area contributed by atoms with Gasteiger partial charge in [0.15, 0.2) is 11.5 Å². The monoisotopic (exact) mass is 255 g/mol. The predicted molar refractivity (Wildman–Crippen MR) is 64.8 cm³/mol. The van der Waals surface area contributed by atoms with E-state index in [2.05, 4.69) is 15.3 Å². The number of nitrogens with one attached hydrogen (secondary N) is 2. The summed E-state index contributed by atoms with van der Waals surface area (Å²) in [6, 6.07) is 0. The van der Waals surface area contributed by atoms with Gasteiger partial charge in [-0.2, -0.15) is 0 Å². The zero-order valence-electron chi connectivity index (χ0n) is 10.8. The minimum absolute atomic E-state index is 0.0337. The molecule has 0 radical (unpaired) electrons. The Bertz CT molecular complexity index is 459. The Morgan fingerprint density at radius 3 is 2.50 bits per heavy atom. The van der Waals surface area contributed by atoms with Crippen molar-refractivity contribution in [1.29, 1.82) is 0 Å². The molecular weight excluding hydrogens is 238 g/mol. The summed E-state index contributed by atoms with van der Waals surface area (Å²) in [5.74, 6) is -0.736. The van der Waals surface area contributed by atoms with E-state index < -0.39 is 17.7 Å². The summed E-state index contributed by atoms with van der Waals surface area (Å²) in [7, 11) is 0. The lowest BCUT2D eigenvalue weighted by atomic mass is 10.2. The van der Waals surface area contributed by atoms with Crippen LogP contribution in [0.1, 0.15) is 44.0 Å². The summed E-state index contributed by atoms with van der Waals surface area (Å²) in [6.45, 7) is 6.97. The maximum absolute atomic E-state index is 11.5. The number of aromatic amines is 1. The molecule has 0 unspecified atom stereocenters. The fourth-order valence-corrected chi connectivity index (χ4v) is 1.24. The average molecular weight is 255 g/mol. The highest BCUT2D eigenvalue weighted by molar-refractivity contribution is 5.96. The molecule has 1 aromatic heterocycles. The fourth-order valence-electron chi connectivity index (χ4n) is 1.24. The third kappa shape index (κ3) is 3.76. The second kappa shape index (κ2) is 5.07. The Labute approximate surface area is 105 Å². The molecule has 0 aliphatic heterocycles. The zero-order valence-corrected chi connectivity index (χ0v) is 10.8. The Hall–Kier alpha value is -2.05. The molecule has 7 nitrogen and oxygen atoms in total. The standard InChI is InChI=1S/C11H17N3O4/c1-5-6-12-7(9(15)16)8(13-6)14-10(17)18-11(2,3)4/h5H2,1-4H3,(H,12,13)(H,14,17)(H,15,16). The van der Waals surface area contributed by atoms with Crippen LogP contribution in [0.2, 0.25) is 0 Å². The van der Waals surface area contributed by atoms with E-state index in [0.29, 0.717) is 12.2 Å². The first-order chi connectivity index (χ1) is 8.23. The summed E-state index contributed by atoms with van der Waals surface area (Å²) in [5, 5.41) is 11.3. The lowest BCUT2D eigenvalue weighted by Gasteiger charge is -2.19. The average Bonchev–Trinajstić information content (AvgIpc) is 2.57. The van der Waals surface area contributed by atoms with E-state index >= 15 is 0 Å². The molecule has 0 aliphatic rings. The van der Waals surface area contributed by atoms with E-state index in [-0.39, 0.29) is 11.5 Å². The summed E-state index contributed by atoms with van der Waals surface area (Å²) in [4.78, 5) is 29.1. The van der Waals surface area contributed by atoms with E-state index in [4.69, 9.17) is 9.84 Å². The van der Waals surface area contributed by atoms with Crippen LogP contribution in [-0.2, 0) is 11.2 Å². The molecule has 0 atom stereocenters. The number of hydrogen-bond acceptors (Lipinski definition) is 4. The molecule has 0 saturated heterocycles. The van der Waals surface area contributed by atoms with Crippen molar-refractivity contribution < 1.29 is 19.4 Å². The third-order valence-electron chi connectivity index (χ3n) is 1.92. The second-order valence-corrected chi connectivity index (χ2v) is 4.69. The number of aromatic carboxylic acids is 1. The van der Waals surface area contributed by atoms with Crippen LogP contribution < -0.4 is 5.32 Å². The number of amides is 1. The molecule has 1 heterocycles. The van der Waals surface area contributed by atoms with Crippen molar-refractivity contribution in [2.45, 2.75) is 39.7 Å². The van der Waals surface area contributed by atoms with Crippen LogP contribution in [-0.4, -0.2) is 32.7 Å². The Morgan fingerprint density at radius 2 is 2.06 bits per heavy atom. The Balaban J connectivity index is 2.86. The highest BCUT2D eigenvalue weighted by Crippen LogP contribution is 2.15. The molecule has 0 bridgehead atoms. The normalized spacial score (nSPS) is 11.1. The highest BCUT2D eigenvalue weighted by atomic mass is 16.6. The van der Waals surface area contributed by atoms with E-state index in [1.165, 1.54) is 0 Å². The smallest absolute Gasteiger partial charge is 0.413 e. The molecule has 1 rings (SSSR count). The van der Waals surface area contributed by atoms with Crippen molar-refractivity contribution in [1.82, 2.24) is 9.97 Å². The number of ether oxygens (including phenoxy) is 1. The highest BCUT2D eigenvalue weighted by Gasteiger charge is 2.21. The number of hydrogen-bond donors (Lipinski definition) is 3. The molecule has 100 valence electrons. The molecule has 0 fully saturated rings. The lowest BCUT2D eigenvalue weighted by molar-refractivity contribution is 0.0635. The number of H-pyrrole nitrogens is 1. The summed E-state index contributed by atoms with van der Waals surface area (Å²) in [6.07, 6.45) is -0.199. The van der Waals surface area contributed by atoms with Gasteiger partial charge in [0.1, 0.15) is 11.4 Å². The van der Waals surface area contributed by atoms with Crippen molar-refractivity contribution in [3.8, 4) is 0 Å². The van der Waals surface area contributed by atoms with Crippen LogP contribution in [0.3, 0.4) is 0 Å². The van der Waals surface area contributed by atoms with Gasteiger partial charge in [-0.05, 0) is 20.8 Å². The van der Waals surface area contributed by atoms with Gasteiger partial charge in [0.25, 0.3) is 0 Å². The van der Waals surface area contributed by atoms with Gasteiger partial charge in [-0.15, -0.1) is 0 Å². The number of anilines is 1. The maximum atomic E-state index is 11.5. The minimum atomic E-state index is -1.19. The molecule has 18 heavy (non-hydrogen) atoms. The Kier molecular flexibility index (Phi) is 3.95. The summed E-state index contributed by atoms with van der Waals surface area (Å²) in [5.41, 5.74) is -0.810. The van der Waals surface area contributed by atoms with Crippen LogP contribution in [0, 0.1) is 0 Å². The number of rotatable bonds is 3. The van der Waals surface area contributed by atoms with Gasteiger partial charge >= 0.3 is 12.1 Å². The molecule has 7 heteroatoms. The molecular formula is C11H17N3O4. The van der Waals surface area contributed by atoms with Crippen molar-refractivity contribution in [2.75, 3.05) is 5.32 Å². The van der Waals surface area contributed by atoms with Gasteiger partial charge in [-0.1, -0.05) is 6.92 Å². The van der Waals surface area contributed by atoms with E-state index in [0.717, 1.165) is 0 Å². The van der Waals surface area contributed by atoms with Gasteiger partial charge in [-0.25, -0.2) is 14.6 Å². The number of imidazole rings is 1. The quantitative estimate of drug-likeness (QED) is 0.766. The summed E-state index contributed by atoms with van der Waals surface area (Å²) < 4.78 is 5.02. The number of nitrogens with zero attached hydrogens (tertiary/aromatic N) is 1. The van der Waals surface area contributed by atoms with E-state index in [9.17, 15) is 9.59 Å². The third-order valence-corrected chi connectivity index (χ3v) is 1.92. The first-order valence-corrected chi connectivity index (χ1v) is 5.55. The van der Waals surface area contributed by atoms with Crippen LogP contribution in [0.15, 0.2) is 0 Å². The van der Waals surface area contributed by atoms with Gasteiger partial charge in [0, 0.05) is 6.42 Å². The van der Waals surface area contributed by atoms with Crippen molar-refractivity contribution in [3.05, 3.63) is 11.5 Å². The molecule has 0 aliphatic carbocycles. The largest absolute Gasteiger partial charge is 0.476 e. The van der Waals surface area contributed by atoms with Gasteiger partial charge in [0.2, 0.25) is 0 Å². The van der Waals surface area contributed by atoms with E-state index in [1.54, 1.807) is 20.8 Å². The number of carbonyl (C=O) groups is 2. The van der Waals surface area contributed by atoms with Crippen LogP contribution in [0.5, 0.6) is 0 Å². The molecule has 0 spiro atoms. The van der Waals surface area contributed by atoms with Crippen LogP contribution in [0.4, 0.5) is 10.6 Å². The molecule has 0 aromatic carbocycles. The number of carboxylic acid groups (broad SMARTS) is 1. The second-order valence-electron chi connectivity index (χ2n) is 4.69. The van der Waals surface area contributed by atoms with Gasteiger partial charge in [0.05, 0.1) is 0 Å². The predicted octanol–water partition coefficient (Wildman–Crippen LogP) is 2.02. The van der Waals surface area contributed by atoms with Crippen molar-refractivity contribution in [3.63, 3.8) is 0 Å². The minimum Gasteiger partial charge on any atom is -0.476 e. The number of aryl methyl sites for hydroxylation is 1. The van der Waals surface area contributed by atoms with Crippen LogP contribution in [0.25, 0.3) is 0 Å². The zero-order chi connectivity index (χ0) is 13.9. The lowest BCUT2D eigenvalue weighted by Crippen LogP contribution is -2.27. The molecule has 1 amide bonds. The number of carbonyl (C=O) groups excluding carboxylic acids is 1. The SMILES string of the molecule is CCc1nc(NC(=O)OC(C)(C)C)c(C(=O)O)[nH]1. The first kappa shape index (κ1) is 14.0. The summed E-state index contributed by atoms with van der Waals surface area (Å²) >= 11 is 0. The molecule has 1 aromatic rings. The van der Waals surface area contributed by atoms with Gasteiger partial charge in [-0.3, -0.25) is 5.32 Å². The van der Waals surface area contributed by atoms with E-state index in [1.807, 2.05) is 6.92 Å². The topological polar surface area (TPSA) is 104 Å². The Morgan fingerprint density at radius 1 is 1.44 bits per heavy atom. The van der Waals surface area contributed by atoms with Crippen molar-refractivity contribution >= 4 is 17.9 Å². The maximum Gasteiger partial charge on any atom is 0.413 e. The van der Waals surface area contributed by atoms with Crippen LogP contribution >= 0.6 is 0 Å². The molecule has 3 N–H and O–H groups in total. The number of aromatic nitrogens is 2.